The average molecular weight is 583 g/mol. The summed E-state index contributed by atoms with van der Waals surface area (Å²) in [6, 6.07) is 0. The number of ketones is 1. The Morgan fingerprint density at radius 2 is 1.67 bits per heavy atom. The zero-order valence-corrected chi connectivity index (χ0v) is 27.6. The Hall–Kier alpha value is -1.24. The molecule has 6 heteroatoms. The van der Waals surface area contributed by atoms with Gasteiger partial charge in [0.25, 0.3) is 0 Å². The maximum atomic E-state index is 14.5. The van der Waals surface area contributed by atoms with Crippen molar-refractivity contribution in [3.05, 3.63) is 11.6 Å². The van der Waals surface area contributed by atoms with Crippen molar-refractivity contribution in [2.24, 2.45) is 50.2 Å². The smallest absolute Gasteiger partial charge is 0.226 e. The number of morpholine rings is 1. The number of carbonyl (C=O) groups excluding carboxylic acids is 2. The lowest BCUT2D eigenvalue weighted by Gasteiger charge is -2.70. The van der Waals surface area contributed by atoms with Crippen LogP contribution in [0.2, 0.25) is 0 Å². The maximum Gasteiger partial charge on any atom is 0.226 e. The van der Waals surface area contributed by atoms with Crippen LogP contribution in [-0.2, 0) is 14.3 Å². The second kappa shape index (κ2) is 10.1. The van der Waals surface area contributed by atoms with Crippen molar-refractivity contribution in [2.75, 3.05) is 39.4 Å². The van der Waals surface area contributed by atoms with Gasteiger partial charge in [0, 0.05) is 37.5 Å². The van der Waals surface area contributed by atoms with E-state index >= 15 is 0 Å². The predicted molar refractivity (Wildman–Crippen MR) is 166 cm³/mol. The van der Waals surface area contributed by atoms with E-state index in [0.29, 0.717) is 18.2 Å². The molecule has 0 aromatic heterocycles. The first kappa shape index (κ1) is 30.8. The highest BCUT2D eigenvalue weighted by Gasteiger charge is 2.70. The minimum absolute atomic E-state index is 0.00732. The molecule has 1 saturated heterocycles. The van der Waals surface area contributed by atoms with Crippen molar-refractivity contribution >= 4 is 11.7 Å². The molecule has 4 saturated carbocycles. The Labute approximate surface area is 254 Å². The number of hydrogen-bond acceptors (Lipinski definition) is 5. The summed E-state index contributed by atoms with van der Waals surface area (Å²) in [4.78, 5) is 30.6. The van der Waals surface area contributed by atoms with Gasteiger partial charge in [0.15, 0.2) is 5.78 Å². The zero-order valence-electron chi connectivity index (χ0n) is 27.6. The lowest BCUT2D eigenvalue weighted by molar-refractivity contribution is -0.202. The third kappa shape index (κ3) is 4.35. The van der Waals surface area contributed by atoms with Crippen molar-refractivity contribution < 1.29 is 19.4 Å². The van der Waals surface area contributed by atoms with E-state index < -0.39 is 5.41 Å². The predicted octanol–water partition coefficient (Wildman–Crippen LogP) is 5.78. The number of carbonyl (C=O) groups is 2. The second-order valence-electron chi connectivity index (χ2n) is 17.3. The first-order chi connectivity index (χ1) is 19.6. The van der Waals surface area contributed by atoms with Crippen LogP contribution in [0.3, 0.4) is 0 Å². The fourth-order valence-electron chi connectivity index (χ4n) is 11.7. The first-order valence-corrected chi connectivity index (χ1v) is 17.1. The number of fused-ring (bicyclic) bond motifs is 7. The van der Waals surface area contributed by atoms with E-state index in [1.165, 1.54) is 12.0 Å². The van der Waals surface area contributed by atoms with E-state index in [0.717, 1.165) is 84.2 Å². The summed E-state index contributed by atoms with van der Waals surface area (Å²) in [5.74, 6) is 1.12. The average Bonchev–Trinajstić information content (AvgIpc) is 2.93. The van der Waals surface area contributed by atoms with Gasteiger partial charge >= 0.3 is 0 Å². The van der Waals surface area contributed by atoms with E-state index in [4.69, 9.17) is 4.74 Å². The van der Waals surface area contributed by atoms with E-state index in [-0.39, 0.29) is 50.9 Å². The lowest BCUT2D eigenvalue weighted by Crippen LogP contribution is -2.66. The topological polar surface area (TPSA) is 78.9 Å². The Morgan fingerprint density at radius 3 is 2.38 bits per heavy atom. The van der Waals surface area contributed by atoms with Crippen molar-refractivity contribution in [3.8, 4) is 0 Å². The van der Waals surface area contributed by atoms with Crippen LogP contribution in [0.1, 0.15) is 106 Å². The van der Waals surface area contributed by atoms with Crippen molar-refractivity contribution in [1.82, 2.24) is 10.2 Å². The van der Waals surface area contributed by atoms with E-state index in [9.17, 15) is 14.7 Å². The van der Waals surface area contributed by atoms with Gasteiger partial charge in [-0.2, -0.15) is 0 Å². The van der Waals surface area contributed by atoms with Crippen LogP contribution in [-0.4, -0.2) is 67.2 Å². The van der Waals surface area contributed by atoms with E-state index in [1.54, 1.807) is 0 Å². The molecule has 0 aromatic rings. The summed E-state index contributed by atoms with van der Waals surface area (Å²) in [5.41, 5.74) is 0.667. The molecular weight excluding hydrogens is 524 g/mol. The van der Waals surface area contributed by atoms with Crippen LogP contribution in [0, 0.1) is 50.2 Å². The zero-order chi connectivity index (χ0) is 30.3. The number of nitrogens with one attached hydrogen (secondary N) is 1. The molecule has 1 heterocycles. The Kier molecular flexibility index (Phi) is 7.43. The molecule has 236 valence electrons. The summed E-state index contributed by atoms with van der Waals surface area (Å²) in [6.07, 6.45) is 10.7. The monoisotopic (exact) mass is 582 g/mol. The Balaban J connectivity index is 1.28. The molecule has 0 radical (unpaired) electrons. The molecular formula is C36H58N2O4. The van der Waals surface area contributed by atoms with Crippen LogP contribution in [0.4, 0.5) is 0 Å². The summed E-state index contributed by atoms with van der Waals surface area (Å²) < 4.78 is 5.47. The molecule has 5 fully saturated rings. The number of nitrogens with zero attached hydrogens (tertiary/aromatic N) is 1. The van der Waals surface area contributed by atoms with Gasteiger partial charge < -0.3 is 15.2 Å². The summed E-state index contributed by atoms with van der Waals surface area (Å²) in [7, 11) is 0. The van der Waals surface area contributed by atoms with E-state index in [2.05, 4.69) is 64.8 Å². The number of allylic oxidation sites excluding steroid dienone is 2. The normalized spacial score (nSPS) is 48.7. The summed E-state index contributed by atoms with van der Waals surface area (Å²) >= 11 is 0. The largest absolute Gasteiger partial charge is 0.393 e. The number of hydrogen-bond donors (Lipinski definition) is 2. The number of amides is 1. The standard InChI is InChI=1S/C36H58N2O4/c1-31(2)27-8-11-36(7)29(34(27,5)10-9-28(31)40)26(39)22-24-25-23-33(4,13-12-32(25,3)14-15-35(24,36)6)30(41)37-16-17-38-18-20-42-21-19-38/h22,25,27-29,40H,8-21,23H2,1-7H3,(H,37,41)/t25-,27?,28-,29+,32+,33-,34-,35+,36+/m0/s1. The molecule has 0 bridgehead atoms. The molecule has 0 spiro atoms. The molecule has 1 unspecified atom stereocenters. The molecule has 6 aliphatic rings. The SMILES string of the molecule is CC1(C)C2CC[C@]3(C)[C@H](C(=O)C=C4[C@@H]5C[C@@](C)(C(=O)NCCN6CCOCC6)CC[C@]5(C)CC[C@]43C)[C@@]2(C)CC[C@@H]1O. The third-order valence-corrected chi connectivity index (χ3v) is 14.9. The van der Waals surface area contributed by atoms with Crippen LogP contribution >= 0.6 is 0 Å². The second-order valence-corrected chi connectivity index (χ2v) is 17.3. The molecule has 2 N–H and O–H groups in total. The van der Waals surface area contributed by atoms with Crippen molar-refractivity contribution in [2.45, 2.75) is 112 Å². The summed E-state index contributed by atoms with van der Waals surface area (Å²) in [5, 5.41) is 14.3. The van der Waals surface area contributed by atoms with Gasteiger partial charge in [-0.3, -0.25) is 14.5 Å². The lowest BCUT2D eigenvalue weighted by atomic mass is 9.33. The molecule has 5 aliphatic carbocycles. The Morgan fingerprint density at radius 1 is 0.976 bits per heavy atom. The highest BCUT2D eigenvalue weighted by Crippen LogP contribution is 2.75. The summed E-state index contributed by atoms with van der Waals surface area (Å²) in [6.45, 7) is 21.4. The molecule has 6 nitrogen and oxygen atoms in total. The number of rotatable bonds is 4. The first-order valence-electron chi connectivity index (χ1n) is 17.1. The number of aliphatic hydroxyl groups excluding tert-OH is 1. The quantitative estimate of drug-likeness (QED) is 0.440. The van der Waals surface area contributed by atoms with Gasteiger partial charge in [-0.15, -0.1) is 0 Å². The molecule has 42 heavy (non-hydrogen) atoms. The third-order valence-electron chi connectivity index (χ3n) is 14.9. The number of aliphatic hydroxyl groups is 1. The van der Waals surface area contributed by atoms with Gasteiger partial charge in [-0.05, 0) is 103 Å². The fraction of sp³-hybridized carbons (Fsp3) is 0.889. The van der Waals surface area contributed by atoms with Gasteiger partial charge in [-0.25, -0.2) is 0 Å². The van der Waals surface area contributed by atoms with Crippen molar-refractivity contribution in [1.29, 1.82) is 0 Å². The van der Waals surface area contributed by atoms with Crippen molar-refractivity contribution in [3.63, 3.8) is 0 Å². The molecule has 9 atom stereocenters. The van der Waals surface area contributed by atoms with Gasteiger partial charge in [-0.1, -0.05) is 54.0 Å². The number of ether oxygens (including phenoxy) is 1. The van der Waals surface area contributed by atoms with E-state index in [1.807, 2.05) is 0 Å². The highest BCUT2D eigenvalue weighted by molar-refractivity contribution is 5.95. The minimum atomic E-state index is -0.414. The molecule has 1 amide bonds. The Bertz CT molecular complexity index is 1140. The minimum Gasteiger partial charge on any atom is -0.393 e. The highest BCUT2D eigenvalue weighted by atomic mass is 16.5. The van der Waals surface area contributed by atoms with Crippen LogP contribution in [0.15, 0.2) is 11.6 Å². The van der Waals surface area contributed by atoms with Crippen LogP contribution in [0.25, 0.3) is 0 Å². The molecule has 6 rings (SSSR count). The van der Waals surface area contributed by atoms with Crippen LogP contribution < -0.4 is 5.32 Å². The van der Waals surface area contributed by atoms with Crippen LogP contribution in [0.5, 0.6) is 0 Å². The van der Waals surface area contributed by atoms with Gasteiger partial charge in [0.1, 0.15) is 0 Å². The van der Waals surface area contributed by atoms with Gasteiger partial charge in [0.05, 0.1) is 19.3 Å². The fourth-order valence-corrected chi connectivity index (χ4v) is 11.7. The molecule has 1 aliphatic heterocycles. The van der Waals surface area contributed by atoms with Gasteiger partial charge in [0.2, 0.25) is 5.91 Å². The maximum absolute atomic E-state index is 14.5. The molecule has 0 aromatic carbocycles.